The van der Waals surface area contributed by atoms with Crippen LogP contribution in [0.3, 0.4) is 0 Å². The van der Waals surface area contributed by atoms with Crippen molar-refractivity contribution in [2.45, 2.75) is 12.1 Å². The molecule has 2 rings (SSSR count). The monoisotopic (exact) mass is 281 g/mol. The quantitative estimate of drug-likeness (QED) is 0.814. The van der Waals surface area contributed by atoms with Gasteiger partial charge < -0.3 is 4.42 Å². The van der Waals surface area contributed by atoms with Gasteiger partial charge in [0.15, 0.2) is 0 Å². The largest absolute Gasteiger partial charge is 0.458 e. The first kappa shape index (κ1) is 13.2. The summed E-state index contributed by atoms with van der Waals surface area (Å²) >= 11 is 0. The van der Waals surface area contributed by atoms with E-state index >= 15 is 0 Å². The molecule has 0 aliphatic heterocycles. The van der Waals surface area contributed by atoms with Gasteiger partial charge in [0.1, 0.15) is 0 Å². The van der Waals surface area contributed by atoms with E-state index < -0.39 is 34.4 Å². The summed E-state index contributed by atoms with van der Waals surface area (Å²) in [5, 5.41) is -0.568. The van der Waals surface area contributed by atoms with E-state index in [-0.39, 0.29) is 5.52 Å². The lowest BCUT2D eigenvalue weighted by molar-refractivity contribution is -0.289. The molecule has 0 saturated carbocycles. The summed E-state index contributed by atoms with van der Waals surface area (Å²) in [6, 6.07) is 1.60. The molecule has 1 aromatic heterocycles. The molecular formula is C10H4F5NO3. The number of nitrogens with one attached hydrogen (secondary N) is 1. The second-order valence-corrected chi connectivity index (χ2v) is 3.63. The van der Waals surface area contributed by atoms with E-state index in [0.717, 1.165) is 6.07 Å². The van der Waals surface area contributed by atoms with Gasteiger partial charge in [0.25, 0.3) is 0 Å². The predicted octanol–water partition coefficient (Wildman–Crippen LogP) is 2.14. The molecule has 0 spiro atoms. The number of benzene rings is 1. The average Bonchev–Trinajstić information content (AvgIpc) is 2.26. The van der Waals surface area contributed by atoms with Crippen molar-refractivity contribution in [2.75, 3.05) is 0 Å². The normalized spacial score (nSPS) is 12.9. The zero-order valence-corrected chi connectivity index (χ0v) is 8.85. The van der Waals surface area contributed by atoms with Gasteiger partial charge in [0.2, 0.25) is 0 Å². The van der Waals surface area contributed by atoms with Crippen molar-refractivity contribution in [2.24, 2.45) is 0 Å². The SMILES string of the molecule is O=c1[nH]c2ccc(C(F)(F)C(F)(F)F)cc2c(=O)o1. The van der Waals surface area contributed by atoms with E-state index in [4.69, 9.17) is 0 Å². The van der Waals surface area contributed by atoms with Crippen LogP contribution >= 0.6 is 0 Å². The Kier molecular flexibility index (Phi) is 2.72. The molecule has 1 heterocycles. The van der Waals surface area contributed by atoms with Gasteiger partial charge in [0, 0.05) is 5.56 Å². The van der Waals surface area contributed by atoms with E-state index in [0.29, 0.717) is 12.1 Å². The van der Waals surface area contributed by atoms with Crippen LogP contribution in [-0.4, -0.2) is 11.2 Å². The minimum Gasteiger partial charge on any atom is -0.372 e. The minimum atomic E-state index is -5.79. The maximum Gasteiger partial charge on any atom is 0.458 e. The van der Waals surface area contributed by atoms with Gasteiger partial charge in [-0.05, 0) is 12.1 Å². The first-order valence-electron chi connectivity index (χ1n) is 4.75. The first-order chi connectivity index (χ1) is 8.63. The second kappa shape index (κ2) is 3.90. The van der Waals surface area contributed by atoms with E-state index in [1.165, 1.54) is 0 Å². The molecule has 1 N–H and O–H groups in total. The zero-order valence-electron chi connectivity index (χ0n) is 8.85. The van der Waals surface area contributed by atoms with E-state index in [1.54, 1.807) is 0 Å². The van der Waals surface area contributed by atoms with E-state index in [1.807, 2.05) is 4.98 Å². The zero-order chi connectivity index (χ0) is 14.4. The Morgan fingerprint density at radius 3 is 2.26 bits per heavy atom. The minimum absolute atomic E-state index is 0.192. The predicted molar refractivity (Wildman–Crippen MR) is 53.1 cm³/mol. The number of fused-ring (bicyclic) bond motifs is 1. The summed E-state index contributed by atoms with van der Waals surface area (Å²) in [6.07, 6.45) is -5.79. The molecule has 0 unspecified atom stereocenters. The maximum absolute atomic E-state index is 13.1. The van der Waals surface area contributed by atoms with Crippen molar-refractivity contribution in [3.63, 3.8) is 0 Å². The summed E-state index contributed by atoms with van der Waals surface area (Å²) in [7, 11) is 0. The molecule has 102 valence electrons. The highest BCUT2D eigenvalue weighted by molar-refractivity contribution is 5.77. The summed E-state index contributed by atoms with van der Waals surface area (Å²) in [6.45, 7) is 0. The van der Waals surface area contributed by atoms with Crippen LogP contribution < -0.4 is 11.4 Å². The van der Waals surface area contributed by atoms with E-state index in [2.05, 4.69) is 4.42 Å². The molecule has 0 bridgehead atoms. The second-order valence-electron chi connectivity index (χ2n) is 3.63. The number of rotatable bonds is 1. The number of halogens is 5. The van der Waals surface area contributed by atoms with Gasteiger partial charge in [-0.2, -0.15) is 22.0 Å². The average molecular weight is 281 g/mol. The fourth-order valence-corrected chi connectivity index (χ4v) is 1.46. The Bertz CT molecular complexity index is 743. The third kappa shape index (κ3) is 2.11. The molecule has 0 saturated heterocycles. The van der Waals surface area contributed by atoms with Crippen LogP contribution in [0.2, 0.25) is 0 Å². The highest BCUT2D eigenvalue weighted by Gasteiger charge is 2.58. The smallest absolute Gasteiger partial charge is 0.372 e. The molecule has 0 radical (unpaired) electrons. The van der Waals surface area contributed by atoms with E-state index in [9.17, 15) is 31.5 Å². The van der Waals surface area contributed by atoms with Crippen molar-refractivity contribution in [1.82, 2.24) is 4.98 Å². The third-order valence-corrected chi connectivity index (χ3v) is 2.38. The van der Waals surface area contributed by atoms with Crippen LogP contribution in [0.15, 0.2) is 32.2 Å². The van der Waals surface area contributed by atoms with Gasteiger partial charge in [-0.15, -0.1) is 0 Å². The molecule has 0 aliphatic rings. The summed E-state index contributed by atoms with van der Waals surface area (Å²) in [5.74, 6) is -6.24. The number of hydrogen-bond acceptors (Lipinski definition) is 3. The highest BCUT2D eigenvalue weighted by atomic mass is 19.4. The Balaban J connectivity index is 2.73. The number of aromatic amines is 1. The summed E-state index contributed by atoms with van der Waals surface area (Å²) in [5.41, 5.74) is -2.90. The molecule has 4 nitrogen and oxygen atoms in total. The Morgan fingerprint density at radius 2 is 1.68 bits per heavy atom. The van der Waals surface area contributed by atoms with Crippen molar-refractivity contribution >= 4 is 10.9 Å². The lowest BCUT2D eigenvalue weighted by Gasteiger charge is -2.19. The van der Waals surface area contributed by atoms with Crippen LogP contribution in [0.25, 0.3) is 10.9 Å². The summed E-state index contributed by atoms with van der Waals surface area (Å²) < 4.78 is 66.7. The van der Waals surface area contributed by atoms with Crippen LogP contribution in [0.1, 0.15) is 5.56 Å². The molecule has 19 heavy (non-hydrogen) atoms. The van der Waals surface area contributed by atoms with Crippen molar-refractivity contribution < 1.29 is 26.4 Å². The van der Waals surface area contributed by atoms with Gasteiger partial charge in [-0.25, -0.2) is 9.59 Å². The standard InChI is InChI=1S/C10H4F5NO3/c11-9(12,10(13,14)15)4-1-2-6-5(3-4)7(17)19-8(18)16-6/h1-3H,(H,16,18). The van der Waals surface area contributed by atoms with Crippen LogP contribution in [0, 0.1) is 0 Å². The van der Waals surface area contributed by atoms with Crippen molar-refractivity contribution in [3.05, 3.63) is 44.7 Å². The van der Waals surface area contributed by atoms with Crippen molar-refractivity contribution in [1.29, 1.82) is 0 Å². The molecule has 9 heteroatoms. The number of aromatic nitrogens is 1. The highest BCUT2D eigenvalue weighted by Crippen LogP contribution is 2.44. The summed E-state index contributed by atoms with van der Waals surface area (Å²) in [4.78, 5) is 24.0. The molecular weight excluding hydrogens is 277 g/mol. The number of hydrogen-bond donors (Lipinski definition) is 1. The Labute approximate surface area is 100 Å². The fourth-order valence-electron chi connectivity index (χ4n) is 1.46. The molecule has 0 aliphatic carbocycles. The molecule has 2 aromatic rings. The Morgan fingerprint density at radius 1 is 1.05 bits per heavy atom. The van der Waals surface area contributed by atoms with Crippen LogP contribution in [-0.2, 0) is 5.92 Å². The third-order valence-electron chi connectivity index (χ3n) is 2.38. The molecule has 0 fully saturated rings. The molecule has 1 aromatic carbocycles. The van der Waals surface area contributed by atoms with Gasteiger partial charge in [-0.3, -0.25) is 4.98 Å². The van der Waals surface area contributed by atoms with Crippen molar-refractivity contribution in [3.8, 4) is 0 Å². The lowest BCUT2D eigenvalue weighted by Crippen LogP contribution is -2.33. The lowest BCUT2D eigenvalue weighted by atomic mass is 10.1. The fraction of sp³-hybridized carbons (Fsp3) is 0.200. The van der Waals surface area contributed by atoms with Crippen LogP contribution in [0.5, 0.6) is 0 Å². The topological polar surface area (TPSA) is 63.1 Å². The maximum atomic E-state index is 13.1. The van der Waals surface area contributed by atoms with Gasteiger partial charge in [0.05, 0.1) is 10.9 Å². The number of H-pyrrole nitrogens is 1. The molecule has 0 amide bonds. The van der Waals surface area contributed by atoms with Crippen LogP contribution in [0.4, 0.5) is 22.0 Å². The van der Waals surface area contributed by atoms with Gasteiger partial charge >= 0.3 is 23.5 Å². The first-order valence-corrected chi connectivity index (χ1v) is 4.75. The molecule has 0 atom stereocenters. The van der Waals surface area contributed by atoms with Gasteiger partial charge in [-0.1, -0.05) is 6.07 Å². The Hall–Kier alpha value is -2.19. The number of alkyl halides is 5.